The summed E-state index contributed by atoms with van der Waals surface area (Å²) in [5.41, 5.74) is 3.11. The zero-order valence-electron chi connectivity index (χ0n) is 12.6. The molecule has 0 aromatic heterocycles. The van der Waals surface area contributed by atoms with Crippen molar-refractivity contribution in [2.24, 2.45) is 0 Å². The third-order valence-electron chi connectivity index (χ3n) is 3.58. The van der Waals surface area contributed by atoms with E-state index in [0.29, 0.717) is 4.90 Å². The van der Waals surface area contributed by atoms with Gasteiger partial charge in [-0.2, -0.15) is 0 Å². The summed E-state index contributed by atoms with van der Waals surface area (Å²) >= 11 is 0. The number of rotatable bonds is 5. The fourth-order valence-electron chi connectivity index (χ4n) is 2.28. The molecule has 0 aliphatic carbocycles. The number of sulfone groups is 1. The molecule has 3 nitrogen and oxygen atoms in total. The SMILES string of the molecule is CCC(Nc1cc(S(C)(=O)=O)ccc1C)c1ccccc1. The Balaban J connectivity index is 2.34. The molecule has 0 bridgehead atoms. The number of nitrogens with one attached hydrogen (secondary N) is 1. The van der Waals surface area contributed by atoms with Crippen molar-refractivity contribution in [3.05, 3.63) is 59.7 Å². The number of aryl methyl sites for hydroxylation is 1. The van der Waals surface area contributed by atoms with Crippen molar-refractivity contribution in [3.8, 4) is 0 Å². The van der Waals surface area contributed by atoms with Gasteiger partial charge in [0.15, 0.2) is 9.84 Å². The molecule has 0 amide bonds. The third kappa shape index (κ3) is 3.85. The molecule has 0 saturated carbocycles. The molecule has 2 rings (SSSR count). The lowest BCUT2D eigenvalue weighted by Gasteiger charge is -2.20. The highest BCUT2D eigenvalue weighted by atomic mass is 32.2. The summed E-state index contributed by atoms with van der Waals surface area (Å²) in [4.78, 5) is 0.346. The van der Waals surface area contributed by atoms with Crippen LogP contribution in [0.5, 0.6) is 0 Å². The van der Waals surface area contributed by atoms with Gasteiger partial charge in [-0.05, 0) is 36.6 Å². The minimum atomic E-state index is -3.19. The van der Waals surface area contributed by atoms with Crippen molar-refractivity contribution in [1.82, 2.24) is 0 Å². The largest absolute Gasteiger partial charge is 0.378 e. The van der Waals surface area contributed by atoms with Crippen LogP contribution in [0.1, 0.15) is 30.5 Å². The normalized spacial score (nSPS) is 12.9. The van der Waals surface area contributed by atoms with Gasteiger partial charge in [0.05, 0.1) is 10.9 Å². The molecule has 2 aromatic rings. The standard InChI is InChI=1S/C17H21NO2S/c1-4-16(14-8-6-5-7-9-14)18-17-12-15(21(3,19)20)11-10-13(17)2/h5-12,16,18H,4H2,1-3H3. The van der Waals surface area contributed by atoms with E-state index < -0.39 is 9.84 Å². The summed E-state index contributed by atoms with van der Waals surface area (Å²) < 4.78 is 23.4. The zero-order valence-corrected chi connectivity index (χ0v) is 13.4. The summed E-state index contributed by atoms with van der Waals surface area (Å²) in [5, 5.41) is 3.46. The number of benzene rings is 2. The summed E-state index contributed by atoms with van der Waals surface area (Å²) in [6.45, 7) is 4.09. The van der Waals surface area contributed by atoms with Crippen molar-refractivity contribution in [1.29, 1.82) is 0 Å². The van der Waals surface area contributed by atoms with Gasteiger partial charge in [-0.1, -0.05) is 43.3 Å². The van der Waals surface area contributed by atoms with Gasteiger partial charge in [0.25, 0.3) is 0 Å². The minimum absolute atomic E-state index is 0.166. The first-order valence-electron chi connectivity index (χ1n) is 7.04. The molecule has 0 saturated heterocycles. The van der Waals surface area contributed by atoms with Crippen LogP contribution in [0.25, 0.3) is 0 Å². The molecular formula is C17H21NO2S. The van der Waals surface area contributed by atoms with E-state index in [9.17, 15) is 8.42 Å². The molecular weight excluding hydrogens is 282 g/mol. The fraction of sp³-hybridized carbons (Fsp3) is 0.294. The van der Waals surface area contributed by atoms with Crippen LogP contribution in [0.4, 0.5) is 5.69 Å². The molecule has 0 fully saturated rings. The maximum atomic E-state index is 11.7. The van der Waals surface area contributed by atoms with Crippen LogP contribution in [0.2, 0.25) is 0 Å². The highest BCUT2D eigenvalue weighted by molar-refractivity contribution is 7.90. The van der Waals surface area contributed by atoms with E-state index in [1.807, 2.05) is 31.2 Å². The first-order valence-corrected chi connectivity index (χ1v) is 8.93. The minimum Gasteiger partial charge on any atom is -0.378 e. The molecule has 0 heterocycles. The fourth-order valence-corrected chi connectivity index (χ4v) is 2.93. The van der Waals surface area contributed by atoms with Crippen molar-refractivity contribution in [2.75, 3.05) is 11.6 Å². The third-order valence-corrected chi connectivity index (χ3v) is 4.69. The average Bonchev–Trinajstić information content (AvgIpc) is 2.46. The number of hydrogen-bond acceptors (Lipinski definition) is 3. The smallest absolute Gasteiger partial charge is 0.175 e. The molecule has 112 valence electrons. The summed E-state index contributed by atoms with van der Waals surface area (Å²) in [5.74, 6) is 0. The molecule has 21 heavy (non-hydrogen) atoms. The van der Waals surface area contributed by atoms with E-state index in [2.05, 4.69) is 24.4 Å². The van der Waals surface area contributed by atoms with Crippen molar-refractivity contribution >= 4 is 15.5 Å². The Morgan fingerprint density at radius 1 is 1.10 bits per heavy atom. The van der Waals surface area contributed by atoms with Gasteiger partial charge in [0.1, 0.15) is 0 Å². The molecule has 4 heteroatoms. The molecule has 0 aliphatic rings. The van der Waals surface area contributed by atoms with Crippen molar-refractivity contribution in [3.63, 3.8) is 0 Å². The van der Waals surface area contributed by atoms with Gasteiger partial charge in [-0.15, -0.1) is 0 Å². The summed E-state index contributed by atoms with van der Waals surface area (Å²) in [7, 11) is -3.19. The van der Waals surface area contributed by atoms with Gasteiger partial charge in [-0.3, -0.25) is 0 Å². The molecule has 1 N–H and O–H groups in total. The Hall–Kier alpha value is -1.81. The topological polar surface area (TPSA) is 46.2 Å². The van der Waals surface area contributed by atoms with Crippen LogP contribution >= 0.6 is 0 Å². The van der Waals surface area contributed by atoms with E-state index in [-0.39, 0.29) is 6.04 Å². The maximum Gasteiger partial charge on any atom is 0.175 e. The summed E-state index contributed by atoms with van der Waals surface area (Å²) in [6.07, 6.45) is 2.16. The van der Waals surface area contributed by atoms with E-state index in [0.717, 1.165) is 17.7 Å². The highest BCUT2D eigenvalue weighted by Gasteiger charge is 2.13. The van der Waals surface area contributed by atoms with Crippen molar-refractivity contribution < 1.29 is 8.42 Å². The molecule has 0 radical (unpaired) electrons. The molecule has 1 atom stereocenters. The van der Waals surface area contributed by atoms with Gasteiger partial charge >= 0.3 is 0 Å². The molecule has 0 aliphatic heterocycles. The van der Waals surface area contributed by atoms with E-state index in [4.69, 9.17) is 0 Å². The lowest BCUT2D eigenvalue weighted by atomic mass is 10.0. The second-order valence-corrected chi connectivity index (χ2v) is 7.28. The maximum absolute atomic E-state index is 11.7. The molecule has 1 unspecified atom stereocenters. The van der Waals surface area contributed by atoms with Crippen LogP contribution in [0.15, 0.2) is 53.4 Å². The Morgan fingerprint density at radius 3 is 2.33 bits per heavy atom. The Labute approximate surface area is 126 Å². The van der Waals surface area contributed by atoms with Gasteiger partial charge in [0.2, 0.25) is 0 Å². The second-order valence-electron chi connectivity index (χ2n) is 5.26. The van der Waals surface area contributed by atoms with Crippen LogP contribution < -0.4 is 5.32 Å². The quantitative estimate of drug-likeness (QED) is 0.909. The predicted molar refractivity (Wildman–Crippen MR) is 87.4 cm³/mol. The van der Waals surface area contributed by atoms with Gasteiger partial charge < -0.3 is 5.32 Å². The van der Waals surface area contributed by atoms with Crippen LogP contribution in [-0.2, 0) is 9.84 Å². The lowest BCUT2D eigenvalue weighted by Crippen LogP contribution is -2.11. The first-order chi connectivity index (χ1) is 9.91. The van der Waals surface area contributed by atoms with Crippen LogP contribution in [0, 0.1) is 6.92 Å². The highest BCUT2D eigenvalue weighted by Crippen LogP contribution is 2.26. The zero-order chi connectivity index (χ0) is 15.5. The van der Waals surface area contributed by atoms with Crippen LogP contribution in [0.3, 0.4) is 0 Å². The summed E-state index contributed by atoms with van der Waals surface area (Å²) in [6, 6.07) is 15.6. The van der Waals surface area contributed by atoms with E-state index in [1.165, 1.54) is 11.8 Å². The van der Waals surface area contributed by atoms with Gasteiger partial charge in [0, 0.05) is 11.9 Å². The van der Waals surface area contributed by atoms with E-state index in [1.54, 1.807) is 12.1 Å². The Bertz CT molecular complexity index is 709. The molecule has 0 spiro atoms. The second kappa shape index (κ2) is 6.31. The van der Waals surface area contributed by atoms with Gasteiger partial charge in [-0.25, -0.2) is 8.42 Å². The Morgan fingerprint density at radius 2 is 1.76 bits per heavy atom. The van der Waals surface area contributed by atoms with E-state index >= 15 is 0 Å². The number of anilines is 1. The lowest BCUT2D eigenvalue weighted by molar-refractivity contribution is 0.602. The van der Waals surface area contributed by atoms with Crippen molar-refractivity contribution in [2.45, 2.75) is 31.2 Å². The first kappa shape index (κ1) is 15.6. The number of hydrogen-bond donors (Lipinski definition) is 1. The predicted octanol–water partition coefficient (Wildman–Crippen LogP) is 3.96. The Kier molecular flexibility index (Phi) is 4.68. The molecule has 2 aromatic carbocycles. The van der Waals surface area contributed by atoms with Crippen LogP contribution in [-0.4, -0.2) is 14.7 Å². The average molecular weight is 303 g/mol. The monoisotopic (exact) mass is 303 g/mol.